The van der Waals surface area contributed by atoms with E-state index < -0.39 is 29.3 Å². The molecule has 4 aromatic carbocycles. The van der Waals surface area contributed by atoms with E-state index in [4.69, 9.17) is 9.72 Å². The minimum absolute atomic E-state index is 0.0126. The highest BCUT2D eigenvalue weighted by Gasteiger charge is 2.32. The third-order valence-electron chi connectivity index (χ3n) is 15.0. The maximum atomic E-state index is 15.2. The predicted octanol–water partition coefficient (Wildman–Crippen LogP) is 7.42. The van der Waals surface area contributed by atoms with E-state index in [1.54, 1.807) is 72.0 Å². The van der Waals surface area contributed by atoms with Crippen molar-refractivity contribution < 1.29 is 33.1 Å². The number of halogens is 1. The molecule has 2 aromatic heterocycles. The van der Waals surface area contributed by atoms with Gasteiger partial charge >= 0.3 is 6.09 Å². The van der Waals surface area contributed by atoms with Gasteiger partial charge in [-0.3, -0.25) is 38.7 Å². The molecule has 17 nitrogen and oxygen atoms in total. The number of benzene rings is 4. The first-order valence-corrected chi connectivity index (χ1v) is 27.4. The van der Waals surface area contributed by atoms with E-state index in [9.17, 15) is 28.8 Å². The van der Waals surface area contributed by atoms with Crippen molar-refractivity contribution in [2.45, 2.75) is 72.4 Å². The number of nitrogens with zero attached hydrogens (tertiary/aromatic N) is 8. The highest BCUT2D eigenvalue weighted by atomic mass is 19.1. The first-order chi connectivity index (χ1) is 38.0. The Balaban J connectivity index is 0.752. The number of piperazine rings is 2. The lowest BCUT2D eigenvalue weighted by molar-refractivity contribution is -0.134. The molecule has 0 atom stereocenters. The molecule has 0 spiro atoms. The molecule has 0 radical (unpaired) electrons. The van der Waals surface area contributed by atoms with Crippen LogP contribution in [0, 0.1) is 18.7 Å². The number of amides is 5. The summed E-state index contributed by atoms with van der Waals surface area (Å²) >= 11 is 0. The average molecular weight is 1080 g/mol. The lowest BCUT2D eigenvalue weighted by Crippen LogP contribution is -2.53. The summed E-state index contributed by atoms with van der Waals surface area (Å²) in [7, 11) is 0. The largest absolute Gasteiger partial charge is 0.444 e. The van der Waals surface area contributed by atoms with E-state index in [0.29, 0.717) is 93.3 Å². The van der Waals surface area contributed by atoms with Crippen LogP contribution in [0.4, 0.5) is 14.9 Å². The Morgan fingerprint density at radius 3 is 2.14 bits per heavy atom. The van der Waals surface area contributed by atoms with E-state index in [2.05, 4.69) is 44.4 Å². The van der Waals surface area contributed by atoms with Crippen molar-refractivity contribution in [2.75, 3.05) is 90.4 Å². The maximum absolute atomic E-state index is 15.2. The third kappa shape index (κ3) is 14.3. The number of carbonyl (C=O) groups is 5. The molecule has 0 aliphatic carbocycles. The highest BCUT2D eigenvalue weighted by molar-refractivity contribution is 6.04. The molecule has 2 N–H and O–H groups in total. The fourth-order valence-electron chi connectivity index (χ4n) is 10.7. The number of hydrogen-bond acceptors (Lipinski definition) is 11. The monoisotopic (exact) mass is 1070 g/mol. The summed E-state index contributed by atoms with van der Waals surface area (Å²) in [5.41, 5.74) is 5.23. The van der Waals surface area contributed by atoms with E-state index in [-0.39, 0.29) is 47.4 Å². The van der Waals surface area contributed by atoms with Crippen LogP contribution in [0.5, 0.6) is 0 Å². The molecule has 6 aromatic rings. The van der Waals surface area contributed by atoms with Crippen LogP contribution in [0.15, 0.2) is 108 Å². The van der Waals surface area contributed by atoms with Gasteiger partial charge in [-0.05, 0) is 112 Å². The lowest BCUT2D eigenvalue weighted by Gasteiger charge is -2.39. The summed E-state index contributed by atoms with van der Waals surface area (Å²) in [6, 6.07) is 29.2. The zero-order chi connectivity index (χ0) is 55.8. The Morgan fingerprint density at radius 2 is 1.42 bits per heavy atom. The SMILES string of the molecule is CCc1cccc(-c2cnc(C(=O)N3CCN(CC4CCN(CC(=O)N5CCN(C(=O)c6cc(Cc7n[nH]c(=O)c8ccccc78)ccc6F)CC5)CC4)CC3)c(NC(=O)CN(Cc3cccc(C)c3)C(=O)OC(C)(C)C)c2)c1. The minimum atomic E-state index is -0.785. The average Bonchev–Trinajstić information content (AvgIpc) is 3.53. The number of piperidine rings is 1. The zero-order valence-electron chi connectivity index (χ0n) is 45.9. The number of H-pyrrole nitrogens is 1. The molecule has 3 fully saturated rings. The maximum Gasteiger partial charge on any atom is 0.411 e. The van der Waals surface area contributed by atoms with Gasteiger partial charge in [-0.25, -0.2) is 19.3 Å². The van der Waals surface area contributed by atoms with Gasteiger partial charge in [0.15, 0.2) is 5.69 Å². The first-order valence-electron chi connectivity index (χ1n) is 27.4. The number of carbonyl (C=O) groups excluding carboxylic acids is 5. The molecule has 0 unspecified atom stereocenters. The highest BCUT2D eigenvalue weighted by Crippen LogP contribution is 2.28. The van der Waals surface area contributed by atoms with Gasteiger partial charge in [-0.2, -0.15) is 5.10 Å². The second-order valence-corrected chi connectivity index (χ2v) is 22.1. The number of fused-ring (bicyclic) bond motifs is 1. The van der Waals surface area contributed by atoms with Crippen LogP contribution in [0.25, 0.3) is 21.9 Å². The van der Waals surface area contributed by atoms with Crippen LogP contribution < -0.4 is 10.9 Å². The van der Waals surface area contributed by atoms with Gasteiger partial charge in [-0.15, -0.1) is 0 Å². The van der Waals surface area contributed by atoms with E-state index in [1.165, 1.54) is 11.0 Å². The van der Waals surface area contributed by atoms with Crippen molar-refractivity contribution >= 4 is 46.2 Å². The Hall–Kier alpha value is -7.83. The van der Waals surface area contributed by atoms with Crippen molar-refractivity contribution in [3.63, 3.8) is 0 Å². The molecule has 0 saturated carbocycles. The standard InChI is InChI=1S/C61H71FN10O7/c1-6-42-12-10-14-46(32-42)47-35-53(64-54(73)39-72(60(78)79-61(3,4)5)38-45-13-9-11-41(2)31-45)56(63-36-47)59(77)71-25-23-68(24-26-71)37-43-19-21-67(22-20-43)40-55(74)69-27-29-70(30-28-69)58(76)50-33-44(17-18-51(50)62)34-52-48-15-7-8-16-49(48)57(75)66-65-52/h7-18,31-33,35-36,43H,6,19-30,34,37-40H2,1-5H3,(H,64,73)(H,66,75). The number of nitrogens with one attached hydrogen (secondary N) is 2. The van der Waals surface area contributed by atoms with Crippen LogP contribution in [0.1, 0.15) is 89.3 Å². The fourth-order valence-corrected chi connectivity index (χ4v) is 10.7. The molecule has 414 valence electrons. The smallest absolute Gasteiger partial charge is 0.411 e. The second kappa shape index (κ2) is 24.9. The van der Waals surface area contributed by atoms with Crippen molar-refractivity contribution in [2.24, 2.45) is 5.92 Å². The van der Waals surface area contributed by atoms with Crippen LogP contribution >= 0.6 is 0 Å². The topological polar surface area (TPSA) is 185 Å². The van der Waals surface area contributed by atoms with Gasteiger partial charge in [0, 0.05) is 89.0 Å². The molecule has 5 amide bonds. The molecular weight excluding hydrogens is 1000 g/mol. The summed E-state index contributed by atoms with van der Waals surface area (Å²) in [4.78, 5) is 97.2. The molecule has 3 aliphatic heterocycles. The molecule has 79 heavy (non-hydrogen) atoms. The number of hydrogen-bond donors (Lipinski definition) is 2. The molecular formula is C61H71FN10O7. The Bertz CT molecular complexity index is 3260. The van der Waals surface area contributed by atoms with Crippen LogP contribution in [-0.4, -0.2) is 165 Å². The third-order valence-corrected chi connectivity index (χ3v) is 15.0. The number of ether oxygens (including phenoxy) is 1. The van der Waals surface area contributed by atoms with Crippen molar-refractivity contribution in [3.8, 4) is 11.1 Å². The molecule has 18 heteroatoms. The van der Waals surface area contributed by atoms with Gasteiger partial charge in [0.05, 0.1) is 28.9 Å². The van der Waals surface area contributed by atoms with Crippen LogP contribution in [0.2, 0.25) is 0 Å². The minimum Gasteiger partial charge on any atom is -0.444 e. The van der Waals surface area contributed by atoms with Gasteiger partial charge < -0.3 is 24.8 Å². The zero-order valence-corrected chi connectivity index (χ0v) is 45.9. The number of aryl methyl sites for hydroxylation is 2. The van der Waals surface area contributed by atoms with Gasteiger partial charge in [0.25, 0.3) is 17.4 Å². The number of aromatic amines is 1. The van der Waals surface area contributed by atoms with Crippen molar-refractivity contribution in [1.29, 1.82) is 0 Å². The van der Waals surface area contributed by atoms with E-state index in [0.717, 1.165) is 66.7 Å². The first kappa shape index (κ1) is 55.9. The normalized spacial score (nSPS) is 15.7. The van der Waals surface area contributed by atoms with E-state index >= 15 is 4.39 Å². The Kier molecular flexibility index (Phi) is 17.6. The molecule has 3 aliphatic rings. The second-order valence-electron chi connectivity index (χ2n) is 22.1. The van der Waals surface area contributed by atoms with Gasteiger partial charge in [0.1, 0.15) is 18.0 Å². The van der Waals surface area contributed by atoms with Crippen molar-refractivity contribution in [3.05, 3.63) is 159 Å². The number of aromatic nitrogens is 3. The molecule has 9 rings (SSSR count). The Labute approximate surface area is 460 Å². The van der Waals surface area contributed by atoms with Gasteiger partial charge in [0.2, 0.25) is 11.8 Å². The molecule has 0 bridgehead atoms. The predicted molar refractivity (Wildman–Crippen MR) is 301 cm³/mol. The summed E-state index contributed by atoms with van der Waals surface area (Å²) < 4.78 is 20.9. The number of likely N-dealkylation sites (tertiary alicyclic amines) is 1. The number of anilines is 1. The fraction of sp³-hybridized carbons (Fsp3) is 0.410. The van der Waals surface area contributed by atoms with Crippen LogP contribution in [0.3, 0.4) is 0 Å². The van der Waals surface area contributed by atoms with Crippen molar-refractivity contribution in [1.82, 2.24) is 44.6 Å². The quantitative estimate of drug-likeness (QED) is 0.104. The van der Waals surface area contributed by atoms with E-state index in [1.807, 2.05) is 55.5 Å². The summed E-state index contributed by atoms with van der Waals surface area (Å²) in [6.07, 6.45) is 4.05. The van der Waals surface area contributed by atoms with Crippen LogP contribution in [-0.2, 0) is 33.7 Å². The molecule has 3 saturated heterocycles. The Morgan fingerprint density at radius 1 is 0.734 bits per heavy atom. The summed E-state index contributed by atoms with van der Waals surface area (Å²) in [6.45, 7) is 15.6. The summed E-state index contributed by atoms with van der Waals surface area (Å²) in [5.74, 6) is -1.38. The number of rotatable bonds is 15. The van der Waals surface area contributed by atoms with Gasteiger partial charge in [-0.1, -0.05) is 85.3 Å². The molecule has 5 heterocycles. The summed E-state index contributed by atoms with van der Waals surface area (Å²) in [5, 5.41) is 10.9. The number of pyridine rings is 1. The lowest BCUT2D eigenvalue weighted by atomic mass is 9.96.